The number of hydrogen-bond donors (Lipinski definition) is 1. The van der Waals surface area contributed by atoms with E-state index in [1.54, 1.807) is 10.9 Å². The van der Waals surface area contributed by atoms with Crippen molar-refractivity contribution < 1.29 is 4.79 Å². The fraction of sp³-hybridized carbons (Fsp3) is 0.444. The van der Waals surface area contributed by atoms with Crippen molar-refractivity contribution in [3.05, 3.63) is 48.3 Å². The van der Waals surface area contributed by atoms with E-state index in [1.807, 2.05) is 36.5 Å². The molecule has 2 heterocycles. The minimum absolute atomic E-state index is 0.00499. The highest BCUT2D eigenvalue weighted by Gasteiger charge is 2.23. The van der Waals surface area contributed by atoms with E-state index in [2.05, 4.69) is 29.2 Å². The highest BCUT2D eigenvalue weighted by molar-refractivity contribution is 5.94. The van der Waals surface area contributed by atoms with E-state index in [4.69, 9.17) is 0 Å². The maximum atomic E-state index is 12.6. The van der Waals surface area contributed by atoms with E-state index >= 15 is 0 Å². The Morgan fingerprint density at radius 3 is 2.96 bits per heavy atom. The zero-order chi connectivity index (χ0) is 16.2. The van der Waals surface area contributed by atoms with Gasteiger partial charge in [-0.05, 0) is 57.5 Å². The topological polar surface area (TPSA) is 50.2 Å². The van der Waals surface area contributed by atoms with Crippen LogP contribution in [-0.2, 0) is 0 Å². The van der Waals surface area contributed by atoms with Crippen LogP contribution in [0.1, 0.15) is 37.0 Å². The molecule has 0 aliphatic carbocycles. The lowest BCUT2D eigenvalue weighted by Crippen LogP contribution is -2.49. The molecular weight excluding hydrogens is 288 g/mol. The van der Waals surface area contributed by atoms with E-state index < -0.39 is 0 Å². The molecular formula is C18H24N4O. The van der Waals surface area contributed by atoms with Crippen LogP contribution < -0.4 is 5.32 Å². The van der Waals surface area contributed by atoms with Gasteiger partial charge in [-0.1, -0.05) is 6.07 Å². The van der Waals surface area contributed by atoms with Gasteiger partial charge in [0.2, 0.25) is 0 Å². The number of nitrogens with one attached hydrogen (secondary N) is 1. The van der Waals surface area contributed by atoms with Gasteiger partial charge in [-0.15, -0.1) is 0 Å². The van der Waals surface area contributed by atoms with E-state index in [1.165, 1.54) is 0 Å². The maximum Gasteiger partial charge on any atom is 0.251 e. The number of benzene rings is 1. The van der Waals surface area contributed by atoms with Gasteiger partial charge >= 0.3 is 0 Å². The van der Waals surface area contributed by atoms with Crippen LogP contribution in [0.25, 0.3) is 5.69 Å². The number of likely N-dealkylation sites (tertiary alicyclic amines) is 1. The van der Waals surface area contributed by atoms with Gasteiger partial charge in [-0.25, -0.2) is 4.68 Å². The molecule has 1 aliphatic rings. The molecule has 1 fully saturated rings. The predicted octanol–water partition coefficient (Wildman–Crippen LogP) is 2.47. The fourth-order valence-corrected chi connectivity index (χ4v) is 3.07. The summed E-state index contributed by atoms with van der Waals surface area (Å²) >= 11 is 0. The van der Waals surface area contributed by atoms with Crippen molar-refractivity contribution in [3.63, 3.8) is 0 Å². The van der Waals surface area contributed by atoms with Crippen LogP contribution in [0.4, 0.5) is 0 Å². The Kier molecular flexibility index (Phi) is 4.76. The molecule has 1 aromatic heterocycles. The van der Waals surface area contributed by atoms with Crippen LogP contribution in [0.3, 0.4) is 0 Å². The van der Waals surface area contributed by atoms with Crippen molar-refractivity contribution in [2.75, 3.05) is 13.1 Å². The van der Waals surface area contributed by atoms with Crippen LogP contribution in [0.15, 0.2) is 42.7 Å². The number of carbonyl (C=O) groups excluding carboxylic acids is 1. The number of amides is 1. The monoisotopic (exact) mass is 312 g/mol. The Balaban J connectivity index is 1.68. The molecule has 122 valence electrons. The molecule has 5 heteroatoms. The molecule has 0 saturated carbocycles. The average molecular weight is 312 g/mol. The summed E-state index contributed by atoms with van der Waals surface area (Å²) < 4.78 is 1.76. The largest absolute Gasteiger partial charge is 0.348 e. The molecule has 0 radical (unpaired) electrons. The average Bonchev–Trinajstić information content (AvgIpc) is 3.10. The third kappa shape index (κ3) is 3.79. The van der Waals surface area contributed by atoms with Crippen LogP contribution in [-0.4, -0.2) is 45.8 Å². The molecule has 2 aromatic rings. The Bertz CT molecular complexity index is 651. The normalized spacial score (nSPS) is 19.0. The number of hydrogen-bond acceptors (Lipinski definition) is 3. The van der Waals surface area contributed by atoms with Gasteiger partial charge in [-0.2, -0.15) is 5.10 Å². The summed E-state index contributed by atoms with van der Waals surface area (Å²) in [7, 11) is 0. The van der Waals surface area contributed by atoms with Crippen LogP contribution >= 0.6 is 0 Å². The quantitative estimate of drug-likeness (QED) is 0.943. The summed E-state index contributed by atoms with van der Waals surface area (Å²) in [5.74, 6) is -0.00499. The molecule has 1 atom stereocenters. The molecule has 5 nitrogen and oxygen atoms in total. The van der Waals surface area contributed by atoms with Crippen LogP contribution in [0, 0.1) is 0 Å². The number of aromatic nitrogens is 2. The molecule has 1 aliphatic heterocycles. The standard InChI is InChI=1S/C18H24N4O/c1-14(2)21-10-4-7-16(13-21)20-18(23)15-6-3-8-17(12-15)22-11-5-9-19-22/h3,5-6,8-9,11-12,14,16H,4,7,10,13H2,1-2H3,(H,20,23)/t16-/m1/s1. The maximum absolute atomic E-state index is 12.6. The molecule has 0 spiro atoms. The van der Waals surface area contributed by atoms with Gasteiger partial charge < -0.3 is 5.32 Å². The van der Waals surface area contributed by atoms with Crippen molar-refractivity contribution in [3.8, 4) is 5.69 Å². The van der Waals surface area contributed by atoms with Gasteiger partial charge in [0.15, 0.2) is 0 Å². The Morgan fingerprint density at radius 2 is 2.22 bits per heavy atom. The second-order valence-corrected chi connectivity index (χ2v) is 6.40. The van der Waals surface area contributed by atoms with Crippen LogP contribution in [0.5, 0.6) is 0 Å². The Morgan fingerprint density at radius 1 is 1.35 bits per heavy atom. The molecule has 1 amide bonds. The summed E-state index contributed by atoms with van der Waals surface area (Å²) in [6.07, 6.45) is 5.79. The molecule has 23 heavy (non-hydrogen) atoms. The number of rotatable bonds is 4. The zero-order valence-electron chi connectivity index (χ0n) is 13.8. The molecule has 1 aromatic carbocycles. The van der Waals surface area contributed by atoms with Crippen molar-refractivity contribution in [2.45, 2.75) is 38.8 Å². The molecule has 0 bridgehead atoms. The summed E-state index contributed by atoms with van der Waals surface area (Å²) in [5, 5.41) is 7.39. The minimum Gasteiger partial charge on any atom is -0.348 e. The lowest BCUT2D eigenvalue weighted by molar-refractivity contribution is 0.0886. The fourth-order valence-electron chi connectivity index (χ4n) is 3.07. The second-order valence-electron chi connectivity index (χ2n) is 6.40. The Labute approximate surface area is 137 Å². The van der Waals surface area contributed by atoms with Gasteiger partial charge in [-0.3, -0.25) is 9.69 Å². The lowest BCUT2D eigenvalue weighted by atomic mass is 10.0. The molecule has 3 rings (SSSR count). The highest BCUT2D eigenvalue weighted by Crippen LogP contribution is 2.14. The molecule has 1 saturated heterocycles. The molecule has 0 unspecified atom stereocenters. The van der Waals surface area contributed by atoms with E-state index in [-0.39, 0.29) is 11.9 Å². The summed E-state index contributed by atoms with van der Waals surface area (Å²) in [6.45, 7) is 6.47. The van der Waals surface area contributed by atoms with Gasteiger partial charge in [0.1, 0.15) is 0 Å². The van der Waals surface area contributed by atoms with Crippen molar-refractivity contribution in [2.24, 2.45) is 0 Å². The first kappa shape index (κ1) is 15.7. The van der Waals surface area contributed by atoms with Crippen LogP contribution in [0.2, 0.25) is 0 Å². The van der Waals surface area contributed by atoms with Crippen molar-refractivity contribution >= 4 is 5.91 Å². The van der Waals surface area contributed by atoms with Crippen molar-refractivity contribution in [1.29, 1.82) is 0 Å². The number of nitrogens with zero attached hydrogens (tertiary/aromatic N) is 3. The summed E-state index contributed by atoms with van der Waals surface area (Å²) in [6, 6.07) is 10.2. The first-order valence-electron chi connectivity index (χ1n) is 8.28. The number of carbonyl (C=O) groups is 1. The van der Waals surface area contributed by atoms with E-state index in [0.29, 0.717) is 11.6 Å². The third-order valence-electron chi connectivity index (χ3n) is 4.40. The minimum atomic E-state index is -0.00499. The first-order chi connectivity index (χ1) is 11.1. The van der Waals surface area contributed by atoms with Gasteiger partial charge in [0.25, 0.3) is 5.91 Å². The predicted molar refractivity (Wildman–Crippen MR) is 90.8 cm³/mol. The second kappa shape index (κ2) is 6.96. The number of piperidine rings is 1. The zero-order valence-corrected chi connectivity index (χ0v) is 13.8. The first-order valence-corrected chi connectivity index (χ1v) is 8.28. The van der Waals surface area contributed by atoms with Gasteiger partial charge in [0.05, 0.1) is 5.69 Å². The molecule has 1 N–H and O–H groups in total. The van der Waals surface area contributed by atoms with Crippen molar-refractivity contribution in [1.82, 2.24) is 20.0 Å². The smallest absolute Gasteiger partial charge is 0.251 e. The van der Waals surface area contributed by atoms with E-state index in [0.717, 1.165) is 31.6 Å². The highest BCUT2D eigenvalue weighted by atomic mass is 16.1. The SMILES string of the molecule is CC(C)N1CCC[C@@H](NC(=O)c2cccc(-n3cccn3)c2)C1. The van der Waals surface area contributed by atoms with E-state index in [9.17, 15) is 4.79 Å². The van der Waals surface area contributed by atoms with Gasteiger partial charge in [0, 0.05) is 36.6 Å². The Hall–Kier alpha value is -2.14. The third-order valence-corrected chi connectivity index (χ3v) is 4.40. The summed E-state index contributed by atoms with van der Waals surface area (Å²) in [4.78, 5) is 15.0. The lowest BCUT2D eigenvalue weighted by Gasteiger charge is -2.35. The summed E-state index contributed by atoms with van der Waals surface area (Å²) in [5.41, 5.74) is 1.58.